The minimum absolute atomic E-state index is 0.175. The summed E-state index contributed by atoms with van der Waals surface area (Å²) in [5.74, 6) is 1.52. The van der Waals surface area contributed by atoms with Crippen molar-refractivity contribution < 1.29 is 4.79 Å². The standard InChI is InChI=1S/C17H25N3O/c18-16-13-4-1-5-14(16)10-15(9-13)17(21)20-8-6-12-3-2-7-19-11-12/h2-3,7,11,13-16H,1,4-6,8-10,18H2,(H,20,21). The molecule has 1 aromatic heterocycles. The van der Waals surface area contributed by atoms with E-state index in [1.807, 2.05) is 18.3 Å². The van der Waals surface area contributed by atoms with Crippen LogP contribution in [0.3, 0.4) is 0 Å². The smallest absolute Gasteiger partial charge is 0.223 e. The molecule has 0 radical (unpaired) electrons. The Hall–Kier alpha value is -1.42. The van der Waals surface area contributed by atoms with Crippen LogP contribution in [-0.2, 0) is 11.2 Å². The van der Waals surface area contributed by atoms with E-state index in [0.717, 1.165) is 19.3 Å². The number of carbonyl (C=O) groups is 1. The van der Waals surface area contributed by atoms with Crippen LogP contribution in [0.1, 0.15) is 37.7 Å². The molecular weight excluding hydrogens is 262 g/mol. The molecule has 0 saturated heterocycles. The van der Waals surface area contributed by atoms with Crippen molar-refractivity contribution in [1.82, 2.24) is 10.3 Å². The van der Waals surface area contributed by atoms with Gasteiger partial charge in [0, 0.05) is 30.9 Å². The number of aromatic nitrogens is 1. The van der Waals surface area contributed by atoms with E-state index in [1.54, 1.807) is 6.20 Å². The fourth-order valence-corrected chi connectivity index (χ4v) is 4.02. The highest BCUT2D eigenvalue weighted by molar-refractivity contribution is 5.78. The van der Waals surface area contributed by atoms with Crippen molar-refractivity contribution in [3.63, 3.8) is 0 Å². The molecule has 21 heavy (non-hydrogen) atoms. The third kappa shape index (κ3) is 3.43. The van der Waals surface area contributed by atoms with Gasteiger partial charge in [-0.15, -0.1) is 0 Å². The van der Waals surface area contributed by atoms with Crippen LogP contribution in [0, 0.1) is 17.8 Å². The van der Waals surface area contributed by atoms with Crippen LogP contribution in [0.2, 0.25) is 0 Å². The predicted molar refractivity (Wildman–Crippen MR) is 82.5 cm³/mol. The van der Waals surface area contributed by atoms with Crippen LogP contribution in [0.15, 0.2) is 24.5 Å². The van der Waals surface area contributed by atoms with Crippen LogP contribution in [0.25, 0.3) is 0 Å². The average Bonchev–Trinajstić information content (AvgIpc) is 2.48. The number of nitrogens with zero attached hydrogens (tertiary/aromatic N) is 1. The van der Waals surface area contributed by atoms with E-state index in [2.05, 4.69) is 10.3 Å². The number of carbonyl (C=O) groups excluding carboxylic acids is 1. The first-order valence-corrected chi connectivity index (χ1v) is 8.16. The van der Waals surface area contributed by atoms with E-state index >= 15 is 0 Å². The lowest BCUT2D eigenvalue weighted by Crippen LogP contribution is -2.49. The molecule has 1 heterocycles. The highest BCUT2D eigenvalue weighted by Gasteiger charge is 2.40. The first kappa shape index (κ1) is 14.5. The number of pyridine rings is 1. The summed E-state index contributed by atoms with van der Waals surface area (Å²) in [5.41, 5.74) is 7.45. The molecular formula is C17H25N3O. The van der Waals surface area contributed by atoms with E-state index in [0.29, 0.717) is 24.4 Å². The van der Waals surface area contributed by atoms with Gasteiger partial charge >= 0.3 is 0 Å². The number of amides is 1. The van der Waals surface area contributed by atoms with Gasteiger partial charge in [-0.05, 0) is 55.6 Å². The number of nitrogens with one attached hydrogen (secondary N) is 1. The summed E-state index contributed by atoms with van der Waals surface area (Å²) in [4.78, 5) is 16.5. The quantitative estimate of drug-likeness (QED) is 0.888. The molecule has 2 bridgehead atoms. The Morgan fingerprint density at radius 2 is 2.10 bits per heavy atom. The fraction of sp³-hybridized carbons (Fsp3) is 0.647. The van der Waals surface area contributed by atoms with E-state index < -0.39 is 0 Å². The van der Waals surface area contributed by atoms with Gasteiger partial charge in [-0.3, -0.25) is 9.78 Å². The Bertz CT molecular complexity index is 462. The first-order chi connectivity index (χ1) is 10.2. The second-order valence-corrected chi connectivity index (χ2v) is 6.60. The van der Waals surface area contributed by atoms with Crippen molar-refractivity contribution in [2.45, 2.75) is 44.6 Å². The van der Waals surface area contributed by atoms with Crippen molar-refractivity contribution in [3.8, 4) is 0 Å². The monoisotopic (exact) mass is 287 g/mol. The van der Waals surface area contributed by atoms with Gasteiger partial charge in [0.25, 0.3) is 0 Å². The van der Waals surface area contributed by atoms with Crippen molar-refractivity contribution in [2.75, 3.05) is 6.54 Å². The number of hydrogen-bond acceptors (Lipinski definition) is 3. The van der Waals surface area contributed by atoms with E-state index in [1.165, 1.54) is 24.8 Å². The van der Waals surface area contributed by atoms with Crippen LogP contribution in [0.5, 0.6) is 0 Å². The van der Waals surface area contributed by atoms with Crippen LogP contribution < -0.4 is 11.1 Å². The summed E-state index contributed by atoms with van der Waals surface area (Å²) in [6.45, 7) is 0.697. The largest absolute Gasteiger partial charge is 0.356 e. The number of nitrogens with two attached hydrogens (primary N) is 1. The van der Waals surface area contributed by atoms with Gasteiger partial charge in [-0.1, -0.05) is 12.5 Å². The summed E-state index contributed by atoms with van der Waals surface area (Å²) in [7, 11) is 0. The van der Waals surface area contributed by atoms with Crippen LogP contribution >= 0.6 is 0 Å². The van der Waals surface area contributed by atoms with Crippen molar-refractivity contribution in [1.29, 1.82) is 0 Å². The summed E-state index contributed by atoms with van der Waals surface area (Å²) < 4.78 is 0. The van der Waals surface area contributed by atoms with Crippen LogP contribution in [-0.4, -0.2) is 23.5 Å². The molecule has 2 atom stereocenters. The molecule has 3 rings (SSSR count). The van der Waals surface area contributed by atoms with Gasteiger partial charge < -0.3 is 11.1 Å². The highest BCUT2D eigenvalue weighted by Crippen LogP contribution is 2.41. The lowest BCUT2D eigenvalue weighted by molar-refractivity contribution is -0.127. The Labute approximate surface area is 126 Å². The Morgan fingerprint density at radius 3 is 2.76 bits per heavy atom. The third-order valence-electron chi connectivity index (χ3n) is 5.22. The van der Waals surface area contributed by atoms with Gasteiger partial charge in [0.15, 0.2) is 0 Å². The van der Waals surface area contributed by atoms with Crippen LogP contribution in [0.4, 0.5) is 0 Å². The normalized spacial score (nSPS) is 31.7. The molecule has 3 N–H and O–H groups in total. The SMILES string of the molecule is NC1C2CCCC1CC(C(=O)NCCc1cccnc1)C2. The Kier molecular flexibility index (Phi) is 4.54. The zero-order valence-corrected chi connectivity index (χ0v) is 12.5. The highest BCUT2D eigenvalue weighted by atomic mass is 16.1. The lowest BCUT2D eigenvalue weighted by Gasteiger charge is -2.43. The molecule has 2 aliphatic carbocycles. The molecule has 2 fully saturated rings. The molecule has 4 heteroatoms. The zero-order chi connectivity index (χ0) is 14.7. The van der Waals surface area contributed by atoms with E-state index in [-0.39, 0.29) is 11.8 Å². The number of hydrogen-bond donors (Lipinski definition) is 2. The molecule has 2 saturated carbocycles. The van der Waals surface area contributed by atoms with Crippen molar-refractivity contribution in [3.05, 3.63) is 30.1 Å². The Morgan fingerprint density at radius 1 is 1.33 bits per heavy atom. The molecule has 2 aliphatic rings. The minimum atomic E-state index is 0.175. The lowest BCUT2D eigenvalue weighted by atomic mass is 9.65. The maximum absolute atomic E-state index is 12.4. The van der Waals surface area contributed by atoms with Gasteiger partial charge in [0.1, 0.15) is 0 Å². The maximum Gasteiger partial charge on any atom is 0.223 e. The summed E-state index contributed by atoms with van der Waals surface area (Å²) in [6.07, 6.45) is 10.1. The maximum atomic E-state index is 12.4. The van der Waals surface area contributed by atoms with Gasteiger partial charge in [-0.25, -0.2) is 0 Å². The van der Waals surface area contributed by atoms with Gasteiger partial charge in [0.2, 0.25) is 5.91 Å². The summed E-state index contributed by atoms with van der Waals surface area (Å²) >= 11 is 0. The summed E-state index contributed by atoms with van der Waals surface area (Å²) in [6, 6.07) is 4.31. The molecule has 0 aromatic carbocycles. The molecule has 114 valence electrons. The topological polar surface area (TPSA) is 68.0 Å². The van der Waals surface area contributed by atoms with Crippen molar-refractivity contribution in [2.24, 2.45) is 23.5 Å². The first-order valence-electron chi connectivity index (χ1n) is 8.16. The number of rotatable bonds is 4. The third-order valence-corrected chi connectivity index (χ3v) is 5.22. The molecule has 1 amide bonds. The molecule has 2 unspecified atom stereocenters. The molecule has 4 nitrogen and oxygen atoms in total. The van der Waals surface area contributed by atoms with Crippen molar-refractivity contribution >= 4 is 5.91 Å². The second kappa shape index (κ2) is 6.56. The second-order valence-electron chi connectivity index (χ2n) is 6.60. The molecule has 0 aliphatic heterocycles. The predicted octanol–water partition coefficient (Wildman–Crippen LogP) is 1.89. The van der Waals surface area contributed by atoms with Gasteiger partial charge in [-0.2, -0.15) is 0 Å². The van der Waals surface area contributed by atoms with E-state index in [9.17, 15) is 4.79 Å². The molecule has 1 aromatic rings. The van der Waals surface area contributed by atoms with Gasteiger partial charge in [0.05, 0.1) is 0 Å². The summed E-state index contributed by atoms with van der Waals surface area (Å²) in [5, 5.41) is 3.10. The zero-order valence-electron chi connectivity index (χ0n) is 12.5. The number of fused-ring (bicyclic) bond motifs is 2. The molecule has 0 spiro atoms. The average molecular weight is 287 g/mol. The fourth-order valence-electron chi connectivity index (χ4n) is 4.02. The Balaban J connectivity index is 1.47. The van der Waals surface area contributed by atoms with E-state index in [4.69, 9.17) is 5.73 Å². The minimum Gasteiger partial charge on any atom is -0.356 e.